The molecule has 82 valence electrons. The summed E-state index contributed by atoms with van der Waals surface area (Å²) < 4.78 is 0. The van der Waals surface area contributed by atoms with E-state index >= 15 is 0 Å². The van der Waals surface area contributed by atoms with Crippen LogP contribution in [-0.4, -0.2) is 5.38 Å². The highest BCUT2D eigenvalue weighted by Gasteiger charge is 2.29. The van der Waals surface area contributed by atoms with E-state index in [0.717, 1.165) is 24.3 Å². The Hall–Kier alpha value is 0.0900. The van der Waals surface area contributed by atoms with Crippen LogP contribution in [0, 0.1) is 5.92 Å². The molecule has 0 amide bonds. The monoisotopic (exact) mass is 262 g/mol. The van der Waals surface area contributed by atoms with Gasteiger partial charge in [0.25, 0.3) is 0 Å². The summed E-state index contributed by atoms with van der Waals surface area (Å²) in [5.41, 5.74) is 1.11. The Balaban J connectivity index is 1.95. The summed E-state index contributed by atoms with van der Waals surface area (Å²) in [6.07, 6.45) is 4.49. The molecule has 15 heavy (non-hydrogen) atoms. The van der Waals surface area contributed by atoms with E-state index in [0.29, 0.717) is 15.4 Å². The Labute approximate surface area is 106 Å². The lowest BCUT2D eigenvalue weighted by molar-refractivity contribution is 0.676. The molecule has 3 heteroatoms. The van der Waals surface area contributed by atoms with E-state index in [-0.39, 0.29) is 0 Å². The first-order valence-corrected chi connectivity index (χ1v) is 6.44. The van der Waals surface area contributed by atoms with Gasteiger partial charge in [-0.1, -0.05) is 35.3 Å². The molecule has 0 saturated heterocycles. The van der Waals surface area contributed by atoms with Crippen molar-refractivity contribution in [1.82, 2.24) is 0 Å². The highest BCUT2D eigenvalue weighted by molar-refractivity contribution is 6.42. The third kappa shape index (κ3) is 3.03. The van der Waals surface area contributed by atoms with Gasteiger partial charge >= 0.3 is 0 Å². The van der Waals surface area contributed by atoms with Crippen LogP contribution in [-0.2, 0) is 6.42 Å². The molecule has 0 aliphatic heterocycles. The molecule has 0 heterocycles. The van der Waals surface area contributed by atoms with Crippen molar-refractivity contribution in [3.63, 3.8) is 0 Å². The van der Waals surface area contributed by atoms with Crippen LogP contribution >= 0.6 is 34.8 Å². The van der Waals surface area contributed by atoms with Crippen molar-refractivity contribution in [3.05, 3.63) is 33.8 Å². The van der Waals surface area contributed by atoms with Gasteiger partial charge in [-0.2, -0.15) is 0 Å². The topological polar surface area (TPSA) is 0 Å². The second kappa shape index (κ2) is 4.95. The van der Waals surface area contributed by atoms with Crippen LogP contribution in [0.1, 0.15) is 24.8 Å². The van der Waals surface area contributed by atoms with Gasteiger partial charge < -0.3 is 0 Å². The van der Waals surface area contributed by atoms with Gasteiger partial charge in [0.05, 0.1) is 10.0 Å². The third-order valence-corrected chi connectivity index (χ3v) is 4.29. The number of alkyl halides is 1. The summed E-state index contributed by atoms with van der Waals surface area (Å²) in [7, 11) is 0. The summed E-state index contributed by atoms with van der Waals surface area (Å²) in [6, 6.07) is 5.76. The zero-order chi connectivity index (χ0) is 10.8. The van der Waals surface area contributed by atoms with Gasteiger partial charge in [-0.15, -0.1) is 11.6 Å². The highest BCUT2D eigenvalue weighted by atomic mass is 35.5. The minimum absolute atomic E-state index is 0.306. The van der Waals surface area contributed by atoms with Crippen LogP contribution in [0.5, 0.6) is 0 Å². The predicted octanol–water partition coefficient (Wildman–Crippen LogP) is 4.94. The van der Waals surface area contributed by atoms with Crippen molar-refractivity contribution in [2.75, 3.05) is 0 Å². The van der Waals surface area contributed by atoms with Gasteiger partial charge in [-0.05, 0) is 43.2 Å². The van der Waals surface area contributed by atoms with Crippen molar-refractivity contribution in [1.29, 1.82) is 0 Å². The van der Waals surface area contributed by atoms with E-state index in [2.05, 4.69) is 0 Å². The van der Waals surface area contributed by atoms with Crippen LogP contribution in [0.15, 0.2) is 18.2 Å². The maximum absolute atomic E-state index is 6.24. The number of rotatable bonds is 4. The summed E-state index contributed by atoms with van der Waals surface area (Å²) in [5.74, 6) is 0.740. The average Bonchev–Trinajstić information content (AvgIpc) is 3.03. The zero-order valence-corrected chi connectivity index (χ0v) is 10.6. The first-order chi connectivity index (χ1) is 7.18. The number of halogens is 3. The van der Waals surface area contributed by atoms with Gasteiger partial charge in [-0.25, -0.2) is 0 Å². The largest absolute Gasteiger partial charge is 0.123 e. The fourth-order valence-corrected chi connectivity index (χ4v) is 2.50. The molecule has 0 radical (unpaired) electrons. The predicted molar refractivity (Wildman–Crippen MR) is 67.1 cm³/mol. The molecule has 1 saturated carbocycles. The van der Waals surface area contributed by atoms with Crippen molar-refractivity contribution in [2.24, 2.45) is 5.92 Å². The summed E-state index contributed by atoms with van der Waals surface area (Å²) in [6.45, 7) is 0. The SMILES string of the molecule is Clc1cccc(CCC(Cl)C2CC2)c1Cl. The van der Waals surface area contributed by atoms with Crippen LogP contribution in [0.4, 0.5) is 0 Å². The van der Waals surface area contributed by atoms with Crippen molar-refractivity contribution in [3.8, 4) is 0 Å². The molecule has 1 unspecified atom stereocenters. The van der Waals surface area contributed by atoms with Crippen molar-refractivity contribution < 1.29 is 0 Å². The molecule has 2 rings (SSSR count). The van der Waals surface area contributed by atoms with Crippen LogP contribution in [0.2, 0.25) is 10.0 Å². The van der Waals surface area contributed by atoms with E-state index in [4.69, 9.17) is 34.8 Å². The number of aryl methyl sites for hydroxylation is 1. The minimum atomic E-state index is 0.306. The summed E-state index contributed by atoms with van der Waals surface area (Å²) in [4.78, 5) is 0. The molecule has 1 aliphatic carbocycles. The Morgan fingerprint density at radius 2 is 2.00 bits per heavy atom. The van der Waals surface area contributed by atoms with E-state index in [9.17, 15) is 0 Å². The molecule has 0 spiro atoms. The molecular formula is C12H13Cl3. The minimum Gasteiger partial charge on any atom is -0.123 e. The summed E-state index contributed by atoms with van der Waals surface area (Å²) >= 11 is 18.3. The zero-order valence-electron chi connectivity index (χ0n) is 8.35. The molecule has 1 aromatic carbocycles. The average molecular weight is 264 g/mol. The molecule has 1 aliphatic rings. The van der Waals surface area contributed by atoms with Gasteiger partial charge in [0.2, 0.25) is 0 Å². The molecule has 1 atom stereocenters. The fourth-order valence-electron chi connectivity index (χ4n) is 1.73. The van der Waals surface area contributed by atoms with E-state index in [1.807, 2.05) is 18.2 Å². The standard InChI is InChI=1S/C12H13Cl3/c13-10(8-4-5-8)7-6-9-2-1-3-11(14)12(9)15/h1-3,8,10H,4-7H2. The van der Waals surface area contributed by atoms with E-state index in [1.165, 1.54) is 12.8 Å². The highest BCUT2D eigenvalue weighted by Crippen LogP contribution is 2.38. The lowest BCUT2D eigenvalue weighted by Crippen LogP contribution is -2.03. The Morgan fingerprint density at radius 1 is 1.27 bits per heavy atom. The molecule has 0 nitrogen and oxygen atoms in total. The fraction of sp³-hybridized carbons (Fsp3) is 0.500. The maximum atomic E-state index is 6.24. The van der Waals surface area contributed by atoms with E-state index < -0.39 is 0 Å². The van der Waals surface area contributed by atoms with Crippen LogP contribution < -0.4 is 0 Å². The third-order valence-electron chi connectivity index (χ3n) is 2.85. The normalized spacial score (nSPS) is 17.8. The maximum Gasteiger partial charge on any atom is 0.0624 e. The number of hydrogen-bond acceptors (Lipinski definition) is 0. The van der Waals surface area contributed by atoms with Crippen LogP contribution in [0.25, 0.3) is 0 Å². The summed E-state index contributed by atoms with van der Waals surface area (Å²) in [5, 5.41) is 1.62. The molecular weight excluding hydrogens is 250 g/mol. The first-order valence-electron chi connectivity index (χ1n) is 5.25. The molecule has 0 bridgehead atoms. The van der Waals surface area contributed by atoms with Gasteiger partial charge in [-0.3, -0.25) is 0 Å². The lowest BCUT2D eigenvalue weighted by Gasteiger charge is -2.09. The number of hydrogen-bond donors (Lipinski definition) is 0. The second-order valence-corrected chi connectivity index (χ2v) is 5.45. The molecule has 1 aromatic rings. The molecule has 1 fully saturated rings. The Bertz CT molecular complexity index is 345. The smallest absolute Gasteiger partial charge is 0.0624 e. The van der Waals surface area contributed by atoms with Gasteiger partial charge in [0, 0.05) is 5.38 Å². The van der Waals surface area contributed by atoms with Gasteiger partial charge in [0.15, 0.2) is 0 Å². The first kappa shape index (κ1) is 11.6. The molecule has 0 aromatic heterocycles. The Kier molecular flexibility index (Phi) is 3.82. The molecule has 0 N–H and O–H groups in total. The van der Waals surface area contributed by atoms with Crippen LogP contribution in [0.3, 0.4) is 0 Å². The van der Waals surface area contributed by atoms with Crippen molar-refractivity contribution in [2.45, 2.75) is 31.1 Å². The quantitative estimate of drug-likeness (QED) is 0.675. The second-order valence-electron chi connectivity index (χ2n) is 4.11. The lowest BCUT2D eigenvalue weighted by atomic mass is 10.1. The Morgan fingerprint density at radius 3 is 2.67 bits per heavy atom. The van der Waals surface area contributed by atoms with Gasteiger partial charge in [0.1, 0.15) is 0 Å². The number of benzene rings is 1. The van der Waals surface area contributed by atoms with E-state index in [1.54, 1.807) is 0 Å². The van der Waals surface area contributed by atoms with Crippen molar-refractivity contribution >= 4 is 34.8 Å².